The maximum Gasteiger partial charge on any atom is 0.573 e. The van der Waals surface area contributed by atoms with Crippen LogP contribution in [0.1, 0.15) is 29.3 Å². The Morgan fingerprint density at radius 3 is 2.23 bits per heavy atom. The van der Waals surface area contributed by atoms with Crippen LogP contribution in [-0.2, 0) is 16.0 Å². The van der Waals surface area contributed by atoms with E-state index in [4.69, 9.17) is 27.9 Å². The Hall–Kier alpha value is -2.45. The summed E-state index contributed by atoms with van der Waals surface area (Å²) in [6, 6.07) is 7.78. The molecule has 0 saturated carbocycles. The van der Waals surface area contributed by atoms with Crippen LogP contribution in [0.15, 0.2) is 36.4 Å². The summed E-state index contributed by atoms with van der Waals surface area (Å²) in [5.74, 6) is -1.09. The van der Waals surface area contributed by atoms with Crippen molar-refractivity contribution in [3.63, 3.8) is 0 Å². The Bertz CT molecular complexity index is 914. The third-order valence-electron chi connectivity index (χ3n) is 3.99. The quantitative estimate of drug-likeness (QED) is 0.373. The van der Waals surface area contributed by atoms with Crippen LogP contribution < -0.4 is 9.47 Å². The molecule has 10 heteroatoms. The minimum absolute atomic E-state index is 0.0499. The highest BCUT2D eigenvalue weighted by Crippen LogP contribution is 2.36. The van der Waals surface area contributed by atoms with Crippen molar-refractivity contribution >= 4 is 35.0 Å². The standard InChI is InChI=1S/C20H17Cl2F3O5/c1-11(19(27)28-2)29-16-10-6-13(17(21)18(16)22)5-9-15(26)12-3-7-14(8-4-12)30-20(23,24)25/h3-4,6-8,10-11H,5,9H2,1-2H3/t11-/m1/s1. The van der Waals surface area contributed by atoms with E-state index in [2.05, 4.69) is 9.47 Å². The predicted octanol–water partition coefficient (Wildman–Crippen LogP) is 5.65. The van der Waals surface area contributed by atoms with Crippen LogP contribution in [-0.4, -0.2) is 31.3 Å². The second-order valence-corrected chi connectivity index (χ2v) is 6.89. The third kappa shape index (κ3) is 6.53. The molecule has 0 radical (unpaired) electrons. The van der Waals surface area contributed by atoms with Crippen LogP contribution in [0.2, 0.25) is 10.0 Å². The Morgan fingerprint density at radius 1 is 1.03 bits per heavy atom. The molecule has 2 aromatic rings. The molecule has 0 spiro atoms. The van der Waals surface area contributed by atoms with Gasteiger partial charge in [0.1, 0.15) is 16.5 Å². The molecular weight excluding hydrogens is 448 g/mol. The van der Waals surface area contributed by atoms with E-state index in [1.807, 2.05) is 0 Å². The van der Waals surface area contributed by atoms with E-state index in [1.54, 1.807) is 6.07 Å². The van der Waals surface area contributed by atoms with Crippen molar-refractivity contribution in [2.45, 2.75) is 32.2 Å². The number of halogens is 5. The number of rotatable bonds is 8. The number of Topliss-reactive ketones (excluding diaryl/α,β-unsaturated/α-hetero) is 1. The molecule has 2 aromatic carbocycles. The van der Waals surface area contributed by atoms with Gasteiger partial charge in [0.05, 0.1) is 12.1 Å². The van der Waals surface area contributed by atoms with Gasteiger partial charge in [0.2, 0.25) is 0 Å². The fraction of sp³-hybridized carbons (Fsp3) is 0.300. The van der Waals surface area contributed by atoms with Gasteiger partial charge >= 0.3 is 12.3 Å². The van der Waals surface area contributed by atoms with Crippen molar-refractivity contribution in [2.24, 2.45) is 0 Å². The molecular formula is C20H17Cl2F3O5. The van der Waals surface area contributed by atoms with E-state index in [-0.39, 0.29) is 40.0 Å². The molecule has 2 rings (SSSR count). The van der Waals surface area contributed by atoms with E-state index in [9.17, 15) is 22.8 Å². The van der Waals surface area contributed by atoms with E-state index < -0.39 is 24.2 Å². The lowest BCUT2D eigenvalue weighted by Gasteiger charge is -2.15. The fourth-order valence-electron chi connectivity index (χ4n) is 2.50. The molecule has 30 heavy (non-hydrogen) atoms. The Kier molecular flexibility index (Phi) is 7.97. The first-order chi connectivity index (χ1) is 14.0. The number of alkyl halides is 3. The van der Waals surface area contributed by atoms with Gasteiger partial charge < -0.3 is 14.2 Å². The summed E-state index contributed by atoms with van der Waals surface area (Å²) in [4.78, 5) is 23.8. The lowest BCUT2D eigenvalue weighted by atomic mass is 10.0. The molecule has 162 valence electrons. The maximum absolute atomic E-state index is 12.3. The summed E-state index contributed by atoms with van der Waals surface area (Å²) in [6.07, 6.45) is -5.40. The molecule has 0 saturated heterocycles. The summed E-state index contributed by atoms with van der Waals surface area (Å²) in [5.41, 5.74) is 0.809. The molecule has 0 amide bonds. The zero-order valence-corrected chi connectivity index (χ0v) is 17.4. The van der Waals surface area contributed by atoms with Crippen LogP contribution in [0.5, 0.6) is 11.5 Å². The van der Waals surface area contributed by atoms with Crippen LogP contribution >= 0.6 is 23.2 Å². The lowest BCUT2D eigenvalue weighted by Crippen LogP contribution is -2.25. The number of hydrogen-bond donors (Lipinski definition) is 0. The topological polar surface area (TPSA) is 61.8 Å². The van der Waals surface area contributed by atoms with Gasteiger partial charge in [-0.05, 0) is 49.2 Å². The van der Waals surface area contributed by atoms with E-state index >= 15 is 0 Å². The highest BCUT2D eigenvalue weighted by atomic mass is 35.5. The predicted molar refractivity (Wildman–Crippen MR) is 104 cm³/mol. The van der Waals surface area contributed by atoms with Gasteiger partial charge in [-0.1, -0.05) is 29.3 Å². The monoisotopic (exact) mass is 464 g/mol. The normalized spacial score (nSPS) is 12.2. The van der Waals surface area contributed by atoms with E-state index in [0.29, 0.717) is 5.56 Å². The minimum Gasteiger partial charge on any atom is -0.477 e. The van der Waals surface area contributed by atoms with Crippen LogP contribution in [0.3, 0.4) is 0 Å². The molecule has 0 heterocycles. The third-order valence-corrected chi connectivity index (χ3v) is 4.90. The van der Waals surface area contributed by atoms with Crippen LogP contribution in [0, 0.1) is 0 Å². The van der Waals surface area contributed by atoms with Crippen LogP contribution in [0.25, 0.3) is 0 Å². The number of carbonyl (C=O) groups is 2. The number of methoxy groups -OCH3 is 1. The first-order valence-corrected chi connectivity index (χ1v) is 9.37. The van der Waals surface area contributed by atoms with Crippen molar-refractivity contribution < 1.29 is 37.0 Å². The summed E-state index contributed by atoms with van der Waals surface area (Å²) in [7, 11) is 1.23. The average molecular weight is 465 g/mol. The molecule has 0 aliphatic heterocycles. The Labute approximate surface area is 180 Å². The molecule has 0 bridgehead atoms. The number of esters is 1. The number of aryl methyl sites for hydroxylation is 1. The molecule has 0 aliphatic carbocycles. The van der Waals surface area contributed by atoms with Crippen molar-refractivity contribution in [1.82, 2.24) is 0 Å². The first kappa shape index (κ1) is 23.8. The summed E-state index contributed by atoms with van der Waals surface area (Å²) in [6.45, 7) is 1.49. The molecule has 0 aromatic heterocycles. The van der Waals surface area contributed by atoms with Crippen molar-refractivity contribution in [3.8, 4) is 11.5 Å². The lowest BCUT2D eigenvalue weighted by molar-refractivity contribution is -0.274. The largest absolute Gasteiger partial charge is 0.573 e. The summed E-state index contributed by atoms with van der Waals surface area (Å²) < 4.78 is 50.3. The number of benzene rings is 2. The van der Waals surface area contributed by atoms with Crippen molar-refractivity contribution in [3.05, 3.63) is 57.6 Å². The number of ether oxygens (including phenoxy) is 3. The fourth-order valence-corrected chi connectivity index (χ4v) is 2.97. The molecule has 0 aliphatic rings. The summed E-state index contributed by atoms with van der Waals surface area (Å²) in [5, 5.41) is 0.263. The first-order valence-electron chi connectivity index (χ1n) is 8.62. The van der Waals surface area contributed by atoms with Crippen LogP contribution in [0.4, 0.5) is 13.2 Å². The van der Waals surface area contributed by atoms with Gasteiger partial charge in [-0.2, -0.15) is 0 Å². The highest BCUT2D eigenvalue weighted by molar-refractivity contribution is 6.43. The second kappa shape index (κ2) is 10.0. The van der Waals surface area contributed by atoms with Gasteiger partial charge in [-0.25, -0.2) is 4.79 Å². The van der Waals surface area contributed by atoms with Crippen molar-refractivity contribution in [1.29, 1.82) is 0 Å². The van der Waals surface area contributed by atoms with Crippen molar-refractivity contribution in [2.75, 3.05) is 7.11 Å². The molecule has 5 nitrogen and oxygen atoms in total. The van der Waals surface area contributed by atoms with Gasteiger partial charge in [0.15, 0.2) is 11.9 Å². The number of carbonyl (C=O) groups excluding carboxylic acids is 2. The molecule has 0 fully saturated rings. The van der Waals surface area contributed by atoms with Gasteiger partial charge in [0.25, 0.3) is 0 Å². The van der Waals surface area contributed by atoms with E-state index in [1.165, 1.54) is 32.2 Å². The second-order valence-electron chi connectivity index (χ2n) is 6.13. The van der Waals surface area contributed by atoms with Gasteiger partial charge in [-0.15, -0.1) is 13.2 Å². The van der Waals surface area contributed by atoms with Gasteiger partial charge in [0, 0.05) is 12.0 Å². The molecule has 1 atom stereocenters. The minimum atomic E-state index is -4.80. The number of ketones is 1. The Morgan fingerprint density at radius 2 is 1.67 bits per heavy atom. The van der Waals surface area contributed by atoms with E-state index in [0.717, 1.165) is 12.1 Å². The Balaban J connectivity index is 2.02. The molecule has 0 unspecified atom stereocenters. The maximum atomic E-state index is 12.3. The smallest absolute Gasteiger partial charge is 0.477 e. The number of hydrogen-bond acceptors (Lipinski definition) is 5. The average Bonchev–Trinajstić information content (AvgIpc) is 2.69. The summed E-state index contributed by atoms with van der Waals surface area (Å²) >= 11 is 12.4. The SMILES string of the molecule is COC(=O)[C@@H](C)Oc1ccc(CCC(=O)c2ccc(OC(F)(F)F)cc2)c(Cl)c1Cl. The van der Waals surface area contributed by atoms with Gasteiger partial charge in [-0.3, -0.25) is 4.79 Å². The molecule has 0 N–H and O–H groups in total. The highest BCUT2D eigenvalue weighted by Gasteiger charge is 2.31. The zero-order chi connectivity index (χ0) is 22.5. The zero-order valence-electron chi connectivity index (χ0n) is 15.9.